The third-order valence-electron chi connectivity index (χ3n) is 7.25. The lowest BCUT2D eigenvalue weighted by Crippen LogP contribution is -2.29. The molecule has 1 atom stereocenters. The number of rotatable bonds is 9. The lowest BCUT2D eigenvalue weighted by atomic mass is 10.0. The molecule has 0 fully saturated rings. The summed E-state index contributed by atoms with van der Waals surface area (Å²) in [7, 11) is 1.40. The van der Waals surface area contributed by atoms with E-state index in [2.05, 4.69) is 77.6 Å². The summed E-state index contributed by atoms with van der Waals surface area (Å²) in [5.41, 5.74) is 8.88. The molecular weight excluding hydrogens is 448 g/mol. The summed E-state index contributed by atoms with van der Waals surface area (Å²) >= 11 is 0. The zero-order valence-electron chi connectivity index (χ0n) is 21.3. The summed E-state index contributed by atoms with van der Waals surface area (Å²) in [5, 5.41) is 5.82. The quantitative estimate of drug-likeness (QED) is 0.249. The molecule has 0 amide bonds. The van der Waals surface area contributed by atoms with Gasteiger partial charge in [-0.15, -0.1) is 0 Å². The molecule has 36 heavy (non-hydrogen) atoms. The van der Waals surface area contributed by atoms with E-state index < -0.39 is 0 Å². The molecule has 1 unspecified atom stereocenters. The molecule has 2 heterocycles. The van der Waals surface area contributed by atoms with E-state index in [4.69, 9.17) is 4.74 Å². The predicted molar refractivity (Wildman–Crippen MR) is 144 cm³/mol. The van der Waals surface area contributed by atoms with Crippen molar-refractivity contribution in [3.05, 3.63) is 94.4 Å². The smallest absolute Gasteiger partial charge is 0.330 e. The molecule has 0 bridgehead atoms. The Kier molecular flexibility index (Phi) is 7.05. The number of esters is 1. The normalized spacial score (nSPS) is 15.3. The molecule has 2 aromatic heterocycles. The van der Waals surface area contributed by atoms with Crippen molar-refractivity contribution in [3.63, 3.8) is 0 Å². The Morgan fingerprint density at radius 1 is 1.28 bits per heavy atom. The number of fused-ring (bicyclic) bond motifs is 2. The van der Waals surface area contributed by atoms with E-state index in [9.17, 15) is 4.79 Å². The largest absolute Gasteiger partial charge is 0.466 e. The van der Waals surface area contributed by atoms with Crippen molar-refractivity contribution in [1.29, 1.82) is 0 Å². The fraction of sp³-hybridized carbons (Fsp3) is 0.333. The van der Waals surface area contributed by atoms with Gasteiger partial charge >= 0.3 is 5.97 Å². The van der Waals surface area contributed by atoms with Crippen molar-refractivity contribution >= 4 is 22.9 Å². The number of nitrogens with zero attached hydrogens (tertiary/aromatic N) is 3. The Morgan fingerprint density at radius 3 is 2.97 bits per heavy atom. The zero-order chi connectivity index (χ0) is 25.1. The Labute approximate surface area is 212 Å². The maximum atomic E-state index is 11.5. The average Bonchev–Trinajstić information content (AvgIpc) is 3.62. The number of aromatic amines is 1. The molecule has 186 valence electrons. The predicted octanol–water partition coefficient (Wildman–Crippen LogP) is 5.61. The molecule has 0 aliphatic heterocycles. The fourth-order valence-corrected chi connectivity index (χ4v) is 5.34. The highest BCUT2D eigenvalue weighted by molar-refractivity contribution is 5.87. The molecular formula is C30H34N4O2. The van der Waals surface area contributed by atoms with Crippen LogP contribution in [0.25, 0.3) is 17.0 Å². The van der Waals surface area contributed by atoms with Crippen LogP contribution >= 0.6 is 0 Å². The van der Waals surface area contributed by atoms with Crippen LogP contribution in [0, 0.1) is 6.92 Å². The molecule has 1 aliphatic rings. The molecule has 2 aromatic carbocycles. The van der Waals surface area contributed by atoms with Crippen LogP contribution in [-0.4, -0.2) is 39.3 Å². The second-order valence-electron chi connectivity index (χ2n) is 9.66. The maximum absolute atomic E-state index is 11.5. The number of hydrogen-bond donors (Lipinski definition) is 1. The van der Waals surface area contributed by atoms with Gasteiger partial charge in [-0.1, -0.05) is 30.3 Å². The topological polar surface area (TPSA) is 63.2 Å². The number of benzene rings is 2. The van der Waals surface area contributed by atoms with E-state index >= 15 is 0 Å². The summed E-state index contributed by atoms with van der Waals surface area (Å²) < 4.78 is 6.73. The van der Waals surface area contributed by atoms with Crippen molar-refractivity contribution < 1.29 is 9.53 Å². The number of aryl methyl sites for hydroxylation is 3. The second-order valence-corrected chi connectivity index (χ2v) is 9.66. The van der Waals surface area contributed by atoms with Crippen LogP contribution in [0.1, 0.15) is 52.8 Å². The van der Waals surface area contributed by atoms with Gasteiger partial charge in [0, 0.05) is 60.6 Å². The minimum absolute atomic E-state index is 0.334. The second kappa shape index (κ2) is 10.5. The Bertz CT molecular complexity index is 1400. The number of methoxy groups -OCH3 is 1. The first-order chi connectivity index (χ1) is 17.5. The highest BCUT2D eigenvalue weighted by atomic mass is 16.5. The van der Waals surface area contributed by atoms with Gasteiger partial charge < -0.3 is 9.72 Å². The van der Waals surface area contributed by atoms with Crippen molar-refractivity contribution in [2.24, 2.45) is 0 Å². The summed E-state index contributed by atoms with van der Waals surface area (Å²) in [6.07, 6.45) is 12.8. The number of hydrogen-bond acceptors (Lipinski definition) is 4. The number of carbonyl (C=O) groups excluding carboxylic acids is 1. The van der Waals surface area contributed by atoms with Crippen LogP contribution in [0.3, 0.4) is 0 Å². The highest BCUT2D eigenvalue weighted by Crippen LogP contribution is 2.37. The van der Waals surface area contributed by atoms with Gasteiger partial charge in [0.25, 0.3) is 0 Å². The van der Waals surface area contributed by atoms with Gasteiger partial charge in [0.05, 0.1) is 13.3 Å². The van der Waals surface area contributed by atoms with E-state index in [0.29, 0.717) is 6.04 Å². The maximum Gasteiger partial charge on any atom is 0.330 e. The summed E-state index contributed by atoms with van der Waals surface area (Å²) in [5.74, 6) is -0.334. The molecule has 6 heteroatoms. The minimum Gasteiger partial charge on any atom is -0.466 e. The van der Waals surface area contributed by atoms with Gasteiger partial charge in [-0.3, -0.25) is 9.58 Å². The van der Waals surface area contributed by atoms with E-state index in [0.717, 1.165) is 44.5 Å². The van der Waals surface area contributed by atoms with Crippen LogP contribution in [0.5, 0.6) is 0 Å². The van der Waals surface area contributed by atoms with Crippen LogP contribution in [0.4, 0.5) is 0 Å². The van der Waals surface area contributed by atoms with Gasteiger partial charge in [-0.25, -0.2) is 4.79 Å². The van der Waals surface area contributed by atoms with Crippen molar-refractivity contribution in [2.75, 3.05) is 13.7 Å². The van der Waals surface area contributed by atoms with Gasteiger partial charge in [0.2, 0.25) is 0 Å². The van der Waals surface area contributed by atoms with Crippen molar-refractivity contribution in [2.45, 2.75) is 52.2 Å². The Morgan fingerprint density at radius 2 is 2.17 bits per heavy atom. The molecule has 1 N–H and O–H groups in total. The van der Waals surface area contributed by atoms with Crippen LogP contribution in [0.15, 0.2) is 61.1 Å². The highest BCUT2D eigenvalue weighted by Gasteiger charge is 2.28. The third-order valence-corrected chi connectivity index (χ3v) is 7.25. The van der Waals surface area contributed by atoms with Crippen molar-refractivity contribution in [1.82, 2.24) is 19.7 Å². The van der Waals surface area contributed by atoms with Crippen LogP contribution in [0.2, 0.25) is 0 Å². The SMILES string of the molecule is CCn1cc(CN(CCc2c[nH]c3cc(C)ccc23)C2CCc3cc(/C=C/C(=O)OC)ccc32)cn1. The first-order valence-electron chi connectivity index (χ1n) is 12.7. The van der Waals surface area contributed by atoms with Gasteiger partial charge in [0.15, 0.2) is 0 Å². The van der Waals surface area contributed by atoms with Crippen LogP contribution < -0.4 is 0 Å². The molecule has 0 spiro atoms. The molecule has 0 saturated carbocycles. The summed E-state index contributed by atoms with van der Waals surface area (Å²) in [4.78, 5) is 17.6. The van der Waals surface area contributed by atoms with Crippen LogP contribution in [-0.2, 0) is 35.5 Å². The lowest BCUT2D eigenvalue weighted by Gasteiger charge is -2.29. The van der Waals surface area contributed by atoms with Gasteiger partial charge in [-0.2, -0.15) is 5.10 Å². The molecule has 0 radical (unpaired) electrons. The Balaban J connectivity index is 1.39. The van der Waals surface area contributed by atoms with E-state index in [1.165, 1.54) is 51.9 Å². The number of ether oxygens (including phenoxy) is 1. The van der Waals surface area contributed by atoms with Gasteiger partial charge in [0.1, 0.15) is 0 Å². The standard InChI is InChI=1S/C30H34N4O2/c1-4-34-20-23(17-32-34)19-33(14-13-25-18-31-28-15-21(2)5-9-26(25)28)29-11-8-24-16-22(6-10-27(24)29)7-12-30(35)36-3/h5-7,9-10,12,15-18,20,29,31H,4,8,11,13-14,19H2,1-3H3/b12-7+. The van der Waals surface area contributed by atoms with E-state index in [1.54, 1.807) is 0 Å². The first-order valence-corrected chi connectivity index (χ1v) is 12.7. The zero-order valence-corrected chi connectivity index (χ0v) is 21.3. The Hall–Kier alpha value is -3.64. The first kappa shape index (κ1) is 24.1. The molecule has 5 rings (SSSR count). The molecule has 0 saturated heterocycles. The molecule has 1 aliphatic carbocycles. The van der Waals surface area contributed by atoms with E-state index in [-0.39, 0.29) is 5.97 Å². The number of aromatic nitrogens is 3. The van der Waals surface area contributed by atoms with Gasteiger partial charge in [-0.05, 0) is 73.1 Å². The summed E-state index contributed by atoms with van der Waals surface area (Å²) in [6.45, 7) is 6.96. The monoisotopic (exact) mass is 482 g/mol. The van der Waals surface area contributed by atoms with E-state index in [1.807, 2.05) is 17.0 Å². The third kappa shape index (κ3) is 5.14. The molecule has 4 aromatic rings. The minimum atomic E-state index is -0.334. The van der Waals surface area contributed by atoms with Crippen molar-refractivity contribution in [3.8, 4) is 0 Å². The summed E-state index contributed by atoms with van der Waals surface area (Å²) in [6, 6.07) is 13.6. The average molecular weight is 483 g/mol. The number of H-pyrrole nitrogens is 1. The lowest BCUT2D eigenvalue weighted by molar-refractivity contribution is -0.134. The number of carbonyl (C=O) groups is 1. The fourth-order valence-electron chi connectivity index (χ4n) is 5.34. The molecule has 6 nitrogen and oxygen atoms in total. The number of nitrogens with one attached hydrogen (secondary N) is 1.